The Morgan fingerprint density at radius 2 is 1.59 bits per heavy atom. The second-order valence-corrected chi connectivity index (χ2v) is 7.99. The minimum absolute atomic E-state index is 0.0664. The van der Waals surface area contributed by atoms with Gasteiger partial charge >= 0.3 is 0 Å². The molecule has 0 aromatic heterocycles. The Bertz CT molecular complexity index is 624. The number of aliphatic hydroxyl groups excluding tert-OH is 3. The van der Waals surface area contributed by atoms with Crippen molar-refractivity contribution in [3.63, 3.8) is 0 Å². The number of amides is 2. The lowest BCUT2D eigenvalue weighted by atomic mass is 9.99. The van der Waals surface area contributed by atoms with Gasteiger partial charge in [-0.3, -0.25) is 9.59 Å². The Balaban J connectivity index is 2.80. The summed E-state index contributed by atoms with van der Waals surface area (Å²) in [5.74, 6) is -0.588. The topological polar surface area (TPSA) is 131 Å². The second kappa shape index (κ2) is 12.5. The van der Waals surface area contributed by atoms with Gasteiger partial charge in [-0.05, 0) is 30.4 Å². The number of carbonyl (C=O) groups is 2. The fourth-order valence-corrected chi connectivity index (χ4v) is 2.85. The lowest BCUT2D eigenvalue weighted by Crippen LogP contribution is -2.55. The van der Waals surface area contributed by atoms with Crippen LogP contribution in [-0.4, -0.2) is 64.6 Å². The third-order valence-corrected chi connectivity index (χ3v) is 4.51. The maximum atomic E-state index is 12.8. The molecule has 8 nitrogen and oxygen atoms in total. The molecular formula is C21H35N3O5. The SMILES string of the molecule is CC(C)C[C@H](NC(=O)[C@@H](NC[C@H](O)[C@H](O)CO)C(C)C)C(=O)Nc1ccccc1. The summed E-state index contributed by atoms with van der Waals surface area (Å²) in [5, 5.41) is 36.8. The smallest absolute Gasteiger partial charge is 0.246 e. The van der Waals surface area contributed by atoms with Crippen molar-refractivity contribution in [2.75, 3.05) is 18.5 Å². The van der Waals surface area contributed by atoms with E-state index in [0.717, 1.165) is 0 Å². The lowest BCUT2D eigenvalue weighted by Gasteiger charge is -2.27. The molecular weight excluding hydrogens is 374 g/mol. The van der Waals surface area contributed by atoms with Crippen LogP contribution in [0, 0.1) is 11.8 Å². The molecule has 1 aromatic carbocycles. The first-order valence-corrected chi connectivity index (χ1v) is 10.0. The maximum absolute atomic E-state index is 12.8. The molecule has 6 N–H and O–H groups in total. The number of hydrogen-bond donors (Lipinski definition) is 6. The van der Waals surface area contributed by atoms with Crippen molar-refractivity contribution < 1.29 is 24.9 Å². The van der Waals surface area contributed by atoms with Crippen molar-refractivity contribution in [3.8, 4) is 0 Å². The monoisotopic (exact) mass is 409 g/mol. The molecule has 1 rings (SSSR count). The number of carbonyl (C=O) groups excluding carboxylic acids is 2. The van der Waals surface area contributed by atoms with Gasteiger partial charge in [0.2, 0.25) is 11.8 Å². The van der Waals surface area contributed by atoms with E-state index in [9.17, 15) is 19.8 Å². The normalized spacial score (nSPS) is 15.6. The van der Waals surface area contributed by atoms with E-state index in [2.05, 4.69) is 16.0 Å². The molecule has 0 bridgehead atoms. The fraction of sp³-hybridized carbons (Fsp3) is 0.619. The molecule has 0 aliphatic heterocycles. The highest BCUT2D eigenvalue weighted by molar-refractivity contribution is 5.97. The van der Waals surface area contributed by atoms with Crippen LogP contribution in [0.5, 0.6) is 0 Å². The van der Waals surface area contributed by atoms with Crippen molar-refractivity contribution >= 4 is 17.5 Å². The number of para-hydroxylation sites is 1. The first-order chi connectivity index (χ1) is 13.6. The van der Waals surface area contributed by atoms with Crippen LogP contribution in [0.1, 0.15) is 34.1 Å². The molecule has 0 spiro atoms. The van der Waals surface area contributed by atoms with Crippen LogP contribution in [0.2, 0.25) is 0 Å². The van der Waals surface area contributed by atoms with Crippen LogP contribution < -0.4 is 16.0 Å². The van der Waals surface area contributed by atoms with E-state index in [1.54, 1.807) is 12.1 Å². The molecule has 0 saturated carbocycles. The van der Waals surface area contributed by atoms with Crippen molar-refractivity contribution in [1.82, 2.24) is 10.6 Å². The quantitative estimate of drug-likeness (QED) is 0.298. The van der Waals surface area contributed by atoms with Crippen LogP contribution in [0.25, 0.3) is 0 Å². The molecule has 0 heterocycles. The minimum atomic E-state index is -1.29. The van der Waals surface area contributed by atoms with Crippen LogP contribution >= 0.6 is 0 Å². The average molecular weight is 410 g/mol. The predicted octanol–water partition coefficient (Wildman–Crippen LogP) is 0.484. The molecule has 4 atom stereocenters. The Morgan fingerprint density at radius 1 is 0.966 bits per heavy atom. The van der Waals surface area contributed by atoms with E-state index in [0.29, 0.717) is 12.1 Å². The first kappa shape index (κ1) is 25.0. The molecule has 0 saturated heterocycles. The minimum Gasteiger partial charge on any atom is -0.394 e. The molecule has 8 heteroatoms. The van der Waals surface area contributed by atoms with Gasteiger partial charge in [-0.15, -0.1) is 0 Å². The Kier molecular flexibility index (Phi) is 10.8. The highest BCUT2D eigenvalue weighted by atomic mass is 16.4. The fourth-order valence-electron chi connectivity index (χ4n) is 2.85. The van der Waals surface area contributed by atoms with Gasteiger partial charge in [-0.1, -0.05) is 45.9 Å². The summed E-state index contributed by atoms with van der Waals surface area (Å²) in [6, 6.07) is 7.65. The van der Waals surface area contributed by atoms with E-state index in [1.807, 2.05) is 45.9 Å². The molecule has 0 aliphatic rings. The van der Waals surface area contributed by atoms with Gasteiger partial charge in [0, 0.05) is 12.2 Å². The highest BCUT2D eigenvalue weighted by Gasteiger charge is 2.29. The summed E-state index contributed by atoms with van der Waals surface area (Å²) in [7, 11) is 0. The number of aliphatic hydroxyl groups is 3. The molecule has 164 valence electrons. The van der Waals surface area contributed by atoms with Gasteiger partial charge in [0.15, 0.2) is 0 Å². The number of benzene rings is 1. The summed E-state index contributed by atoms with van der Waals surface area (Å²) in [4.78, 5) is 25.6. The summed E-state index contributed by atoms with van der Waals surface area (Å²) in [6.45, 7) is 6.99. The molecule has 0 aliphatic carbocycles. The maximum Gasteiger partial charge on any atom is 0.246 e. The number of anilines is 1. The van der Waals surface area contributed by atoms with Crippen molar-refractivity contribution in [2.24, 2.45) is 11.8 Å². The van der Waals surface area contributed by atoms with E-state index in [-0.39, 0.29) is 30.2 Å². The third kappa shape index (κ3) is 8.91. The summed E-state index contributed by atoms with van der Waals surface area (Å²) < 4.78 is 0. The number of rotatable bonds is 12. The lowest BCUT2D eigenvalue weighted by molar-refractivity contribution is -0.129. The molecule has 1 aromatic rings. The van der Waals surface area contributed by atoms with Gasteiger partial charge in [0.05, 0.1) is 18.8 Å². The molecule has 29 heavy (non-hydrogen) atoms. The van der Waals surface area contributed by atoms with Crippen LogP contribution in [0.3, 0.4) is 0 Å². The summed E-state index contributed by atoms with van der Waals surface area (Å²) >= 11 is 0. The zero-order chi connectivity index (χ0) is 22.0. The van der Waals surface area contributed by atoms with E-state index < -0.39 is 30.9 Å². The second-order valence-electron chi connectivity index (χ2n) is 7.99. The Morgan fingerprint density at radius 3 is 2.10 bits per heavy atom. The standard InChI is InChI=1S/C21H35N3O5/c1-13(2)10-16(20(28)23-15-8-6-5-7-9-15)24-21(29)19(14(3)4)22-11-17(26)18(27)12-25/h5-9,13-14,16-19,22,25-27H,10-12H2,1-4H3,(H,23,28)(H,24,29)/t16-,17-,18+,19-/m0/s1. The Hall–Kier alpha value is -2.00. The summed E-state index contributed by atoms with van der Waals surface area (Å²) in [6.07, 6.45) is -2.02. The van der Waals surface area contributed by atoms with Crippen LogP contribution in [0.15, 0.2) is 30.3 Å². The van der Waals surface area contributed by atoms with Crippen LogP contribution in [-0.2, 0) is 9.59 Å². The van der Waals surface area contributed by atoms with E-state index >= 15 is 0 Å². The predicted molar refractivity (Wildman–Crippen MR) is 112 cm³/mol. The zero-order valence-corrected chi connectivity index (χ0v) is 17.6. The van der Waals surface area contributed by atoms with Gasteiger partial charge in [-0.2, -0.15) is 0 Å². The molecule has 2 amide bonds. The highest BCUT2D eigenvalue weighted by Crippen LogP contribution is 2.11. The molecule has 0 unspecified atom stereocenters. The number of nitrogens with one attached hydrogen (secondary N) is 3. The molecule has 0 fully saturated rings. The van der Waals surface area contributed by atoms with E-state index in [4.69, 9.17) is 5.11 Å². The van der Waals surface area contributed by atoms with Crippen molar-refractivity contribution in [1.29, 1.82) is 0 Å². The van der Waals surface area contributed by atoms with Crippen molar-refractivity contribution in [3.05, 3.63) is 30.3 Å². The first-order valence-electron chi connectivity index (χ1n) is 10.0. The van der Waals surface area contributed by atoms with Crippen molar-refractivity contribution in [2.45, 2.75) is 58.4 Å². The average Bonchev–Trinajstić information content (AvgIpc) is 2.66. The summed E-state index contributed by atoms with van der Waals surface area (Å²) in [5.41, 5.74) is 0.653. The Labute approximate surface area is 172 Å². The third-order valence-electron chi connectivity index (χ3n) is 4.51. The number of hydrogen-bond acceptors (Lipinski definition) is 6. The van der Waals surface area contributed by atoms with Gasteiger partial charge in [0.1, 0.15) is 12.1 Å². The van der Waals surface area contributed by atoms with Gasteiger partial charge in [-0.25, -0.2) is 0 Å². The van der Waals surface area contributed by atoms with Gasteiger partial charge < -0.3 is 31.3 Å². The largest absolute Gasteiger partial charge is 0.394 e. The molecule has 0 radical (unpaired) electrons. The van der Waals surface area contributed by atoms with E-state index in [1.165, 1.54) is 0 Å². The van der Waals surface area contributed by atoms with Crippen LogP contribution in [0.4, 0.5) is 5.69 Å². The zero-order valence-electron chi connectivity index (χ0n) is 17.6. The van der Waals surface area contributed by atoms with Gasteiger partial charge in [0.25, 0.3) is 0 Å².